The molecule has 0 unspecified atom stereocenters. The third kappa shape index (κ3) is 5.66. The molecule has 0 aliphatic carbocycles. The van der Waals surface area contributed by atoms with Crippen LogP contribution >= 0.6 is 11.3 Å². The van der Waals surface area contributed by atoms with E-state index < -0.39 is 11.7 Å². The highest BCUT2D eigenvalue weighted by atomic mass is 32.1. The number of pyridine rings is 1. The first-order valence-corrected chi connectivity index (χ1v) is 11.9. The van der Waals surface area contributed by atoms with Crippen LogP contribution in [-0.4, -0.2) is 40.7 Å². The highest BCUT2D eigenvalue weighted by Gasteiger charge is 2.29. The van der Waals surface area contributed by atoms with Gasteiger partial charge in [-0.25, -0.2) is 4.39 Å². The minimum atomic E-state index is -0.486. The zero-order chi connectivity index (χ0) is 24.1. The van der Waals surface area contributed by atoms with Gasteiger partial charge < -0.3 is 15.5 Å². The SMILES string of the molecule is Cc1cc(NC(=O)c2cccc(F)c2)sc1C(=O)N1CCC(C(=O)NCc2cccnc2)CC1. The highest BCUT2D eigenvalue weighted by Crippen LogP contribution is 2.30. The molecule has 0 saturated carbocycles. The van der Waals surface area contributed by atoms with Crippen LogP contribution in [0.3, 0.4) is 0 Å². The predicted molar refractivity (Wildman–Crippen MR) is 128 cm³/mol. The number of nitrogens with zero attached hydrogens (tertiary/aromatic N) is 2. The van der Waals surface area contributed by atoms with Gasteiger partial charge in [-0.15, -0.1) is 11.3 Å². The largest absolute Gasteiger partial charge is 0.352 e. The Morgan fingerprint density at radius 2 is 1.94 bits per heavy atom. The zero-order valence-electron chi connectivity index (χ0n) is 18.7. The van der Waals surface area contributed by atoms with Crippen molar-refractivity contribution in [2.75, 3.05) is 18.4 Å². The first-order valence-electron chi connectivity index (χ1n) is 11.0. The summed E-state index contributed by atoms with van der Waals surface area (Å²) in [6.07, 6.45) is 4.60. The Kier molecular flexibility index (Phi) is 7.32. The minimum absolute atomic E-state index is 0.00870. The highest BCUT2D eigenvalue weighted by molar-refractivity contribution is 7.18. The Hall–Kier alpha value is -3.59. The standard InChI is InChI=1S/C25H25FN4O3S/c1-16-12-21(29-24(32)19-5-2-6-20(26)13-19)34-22(16)25(33)30-10-7-18(8-11-30)23(31)28-15-17-4-3-9-27-14-17/h2-6,9,12-14,18H,7-8,10-11,15H2,1H3,(H,28,31)(H,29,32). The number of carbonyl (C=O) groups is 3. The smallest absolute Gasteiger partial charge is 0.264 e. The molecule has 4 rings (SSSR count). The van der Waals surface area contributed by atoms with Gasteiger partial charge in [0.2, 0.25) is 5.91 Å². The quantitative estimate of drug-likeness (QED) is 0.558. The van der Waals surface area contributed by atoms with Gasteiger partial charge in [-0.1, -0.05) is 12.1 Å². The first-order chi connectivity index (χ1) is 16.4. The maximum atomic E-state index is 13.4. The van der Waals surface area contributed by atoms with Crippen LogP contribution in [-0.2, 0) is 11.3 Å². The van der Waals surface area contributed by atoms with E-state index in [0.29, 0.717) is 42.4 Å². The van der Waals surface area contributed by atoms with Crippen molar-refractivity contribution in [2.24, 2.45) is 5.92 Å². The number of thiophene rings is 1. The molecule has 0 atom stereocenters. The van der Waals surface area contributed by atoms with Crippen molar-refractivity contribution in [1.82, 2.24) is 15.2 Å². The normalized spacial score (nSPS) is 14.0. The van der Waals surface area contributed by atoms with Gasteiger partial charge in [-0.05, 0) is 61.2 Å². The number of carbonyl (C=O) groups excluding carboxylic acids is 3. The van der Waals surface area contributed by atoms with E-state index in [2.05, 4.69) is 15.6 Å². The Labute approximate surface area is 201 Å². The molecule has 0 radical (unpaired) electrons. The molecule has 1 aliphatic heterocycles. The third-order valence-electron chi connectivity index (χ3n) is 5.78. The van der Waals surface area contributed by atoms with Gasteiger partial charge in [-0.2, -0.15) is 0 Å². The number of hydrogen-bond acceptors (Lipinski definition) is 5. The van der Waals surface area contributed by atoms with Gasteiger partial charge in [0, 0.05) is 43.5 Å². The molecule has 1 saturated heterocycles. The lowest BCUT2D eigenvalue weighted by molar-refractivity contribution is -0.126. The number of nitrogens with one attached hydrogen (secondary N) is 2. The Balaban J connectivity index is 1.31. The van der Waals surface area contributed by atoms with Crippen molar-refractivity contribution < 1.29 is 18.8 Å². The predicted octanol–water partition coefficient (Wildman–Crippen LogP) is 4.01. The molecule has 176 valence electrons. The van der Waals surface area contributed by atoms with Gasteiger partial charge in [0.15, 0.2) is 0 Å². The lowest BCUT2D eigenvalue weighted by Crippen LogP contribution is -2.42. The summed E-state index contributed by atoms with van der Waals surface area (Å²) in [7, 11) is 0. The Morgan fingerprint density at radius 1 is 1.15 bits per heavy atom. The van der Waals surface area contributed by atoms with Crippen LogP contribution < -0.4 is 10.6 Å². The van der Waals surface area contributed by atoms with Gasteiger partial charge in [0.25, 0.3) is 11.8 Å². The summed E-state index contributed by atoms with van der Waals surface area (Å²) < 4.78 is 13.4. The van der Waals surface area contributed by atoms with E-state index in [1.807, 2.05) is 19.1 Å². The maximum absolute atomic E-state index is 13.4. The summed E-state index contributed by atoms with van der Waals surface area (Å²) in [5.41, 5.74) is 1.92. The van der Waals surface area contributed by atoms with Crippen molar-refractivity contribution in [3.63, 3.8) is 0 Å². The van der Waals surface area contributed by atoms with Crippen LogP contribution in [0.15, 0.2) is 54.9 Å². The number of aromatic nitrogens is 1. The lowest BCUT2D eigenvalue weighted by Gasteiger charge is -2.31. The summed E-state index contributed by atoms with van der Waals surface area (Å²) in [5, 5.41) is 6.21. The van der Waals surface area contributed by atoms with Gasteiger partial charge >= 0.3 is 0 Å². The topological polar surface area (TPSA) is 91.4 Å². The fourth-order valence-electron chi connectivity index (χ4n) is 3.89. The van der Waals surface area contributed by atoms with E-state index in [0.717, 1.165) is 11.1 Å². The average molecular weight is 481 g/mol. The molecule has 3 heterocycles. The van der Waals surface area contributed by atoms with Crippen molar-refractivity contribution in [2.45, 2.75) is 26.3 Å². The average Bonchev–Trinajstić information content (AvgIpc) is 3.22. The molecule has 0 bridgehead atoms. The van der Waals surface area contributed by atoms with Crippen molar-refractivity contribution in [3.05, 3.63) is 82.2 Å². The molecule has 1 aliphatic rings. The number of benzene rings is 1. The van der Waals surface area contributed by atoms with Gasteiger partial charge in [-0.3, -0.25) is 19.4 Å². The summed E-state index contributed by atoms with van der Waals surface area (Å²) in [6, 6.07) is 10.9. The molecule has 3 aromatic rings. The maximum Gasteiger partial charge on any atom is 0.264 e. The lowest BCUT2D eigenvalue weighted by atomic mass is 9.95. The second kappa shape index (κ2) is 10.6. The molecule has 0 spiro atoms. The van der Waals surface area contributed by atoms with E-state index in [-0.39, 0.29) is 23.3 Å². The number of likely N-dealkylation sites (tertiary alicyclic amines) is 1. The van der Waals surface area contributed by atoms with Crippen molar-refractivity contribution in [1.29, 1.82) is 0 Å². The van der Waals surface area contributed by atoms with E-state index in [1.165, 1.54) is 35.6 Å². The number of aryl methyl sites for hydroxylation is 1. The number of hydrogen-bond donors (Lipinski definition) is 2. The first kappa shape index (κ1) is 23.6. The zero-order valence-corrected chi connectivity index (χ0v) is 19.5. The molecule has 1 aromatic carbocycles. The summed E-state index contributed by atoms with van der Waals surface area (Å²) in [4.78, 5) is 44.3. The molecule has 7 nitrogen and oxygen atoms in total. The number of rotatable bonds is 6. The van der Waals surface area contributed by atoms with Crippen LogP contribution in [0.1, 0.15) is 44.0 Å². The van der Waals surface area contributed by atoms with Crippen molar-refractivity contribution in [3.8, 4) is 0 Å². The van der Waals surface area contributed by atoms with Crippen LogP contribution in [0.5, 0.6) is 0 Å². The summed E-state index contributed by atoms with van der Waals surface area (Å²) >= 11 is 1.20. The fourth-order valence-corrected chi connectivity index (χ4v) is 4.93. The molecule has 1 fully saturated rings. The summed E-state index contributed by atoms with van der Waals surface area (Å²) in [5.74, 6) is -1.17. The van der Waals surface area contributed by atoms with Gasteiger partial charge in [0.05, 0.1) is 9.88 Å². The minimum Gasteiger partial charge on any atom is -0.352 e. The summed E-state index contributed by atoms with van der Waals surface area (Å²) in [6.45, 7) is 3.24. The van der Waals surface area contributed by atoms with Crippen LogP contribution in [0.2, 0.25) is 0 Å². The fraction of sp³-hybridized carbons (Fsp3) is 0.280. The molecule has 3 amide bonds. The number of halogens is 1. The molecular weight excluding hydrogens is 455 g/mol. The van der Waals surface area contributed by atoms with Crippen LogP contribution in [0, 0.1) is 18.7 Å². The molecule has 2 aromatic heterocycles. The monoisotopic (exact) mass is 480 g/mol. The molecular formula is C25H25FN4O3S. The molecule has 34 heavy (non-hydrogen) atoms. The van der Waals surface area contributed by atoms with E-state index >= 15 is 0 Å². The van der Waals surface area contributed by atoms with E-state index in [1.54, 1.807) is 23.4 Å². The third-order valence-corrected chi connectivity index (χ3v) is 6.92. The van der Waals surface area contributed by atoms with E-state index in [9.17, 15) is 18.8 Å². The Morgan fingerprint density at radius 3 is 2.65 bits per heavy atom. The second-order valence-corrected chi connectivity index (χ2v) is 9.29. The second-order valence-electron chi connectivity index (χ2n) is 8.23. The number of piperidine rings is 1. The number of anilines is 1. The Bertz CT molecular complexity index is 1190. The van der Waals surface area contributed by atoms with Crippen LogP contribution in [0.25, 0.3) is 0 Å². The molecule has 9 heteroatoms. The number of amides is 3. The van der Waals surface area contributed by atoms with Gasteiger partial charge in [0.1, 0.15) is 5.82 Å². The van der Waals surface area contributed by atoms with Crippen molar-refractivity contribution >= 4 is 34.1 Å². The van der Waals surface area contributed by atoms with E-state index in [4.69, 9.17) is 0 Å². The van der Waals surface area contributed by atoms with Crippen LogP contribution in [0.4, 0.5) is 9.39 Å². The molecule has 2 N–H and O–H groups in total.